The Kier molecular flexibility index (Phi) is 4.75. The van der Waals surface area contributed by atoms with E-state index in [0.717, 1.165) is 31.4 Å². The number of nitrogens with one attached hydrogen (secondary N) is 1. The highest BCUT2D eigenvalue weighted by molar-refractivity contribution is 5.66. The number of hydrogen-bond acceptors (Lipinski definition) is 6. The Morgan fingerprint density at radius 1 is 1.52 bits per heavy atom. The van der Waals surface area contributed by atoms with Gasteiger partial charge in [0, 0.05) is 18.9 Å². The van der Waals surface area contributed by atoms with E-state index in [0.29, 0.717) is 31.1 Å². The summed E-state index contributed by atoms with van der Waals surface area (Å²) in [6.07, 6.45) is 6.00. The van der Waals surface area contributed by atoms with E-state index in [1.54, 1.807) is 10.6 Å². The highest BCUT2D eigenvalue weighted by Gasteiger charge is 2.40. The van der Waals surface area contributed by atoms with Gasteiger partial charge in [0.2, 0.25) is 5.95 Å². The molecule has 4 rings (SSSR count). The van der Waals surface area contributed by atoms with Crippen LogP contribution in [0.2, 0.25) is 0 Å². The molecule has 3 heterocycles. The lowest BCUT2D eigenvalue weighted by atomic mass is 9.65. The first kappa shape index (κ1) is 18.2. The van der Waals surface area contributed by atoms with E-state index in [4.69, 9.17) is 9.47 Å². The van der Waals surface area contributed by atoms with Crippen molar-refractivity contribution in [3.05, 3.63) is 23.8 Å². The molecule has 27 heavy (non-hydrogen) atoms. The maximum absolute atomic E-state index is 14.4. The Bertz CT molecular complexity index is 843. The number of nitrogens with zero attached hydrogens (tertiary/aromatic N) is 3. The van der Waals surface area contributed by atoms with Crippen LogP contribution in [0.15, 0.2) is 12.3 Å². The van der Waals surface area contributed by atoms with Crippen molar-refractivity contribution in [2.75, 3.05) is 18.5 Å². The summed E-state index contributed by atoms with van der Waals surface area (Å²) in [5, 5.41) is 7.82. The molecule has 0 bridgehead atoms. The van der Waals surface area contributed by atoms with Crippen molar-refractivity contribution in [3.63, 3.8) is 0 Å². The van der Waals surface area contributed by atoms with E-state index in [2.05, 4.69) is 22.3 Å². The van der Waals surface area contributed by atoms with Gasteiger partial charge in [-0.25, -0.2) is 13.9 Å². The fourth-order valence-corrected chi connectivity index (χ4v) is 4.16. The minimum Gasteiger partial charge on any atom is -0.458 e. The number of fused-ring (bicyclic) bond motifs is 1. The van der Waals surface area contributed by atoms with E-state index in [-0.39, 0.29) is 23.2 Å². The Morgan fingerprint density at radius 3 is 3.00 bits per heavy atom. The van der Waals surface area contributed by atoms with Crippen molar-refractivity contribution < 1.29 is 18.7 Å². The average molecular weight is 376 g/mol. The van der Waals surface area contributed by atoms with Crippen LogP contribution in [0.25, 0.3) is 5.52 Å². The Hall–Kier alpha value is -2.22. The molecular weight excluding hydrogens is 351 g/mol. The molecule has 0 aromatic carbocycles. The third-order valence-corrected chi connectivity index (χ3v) is 5.94. The second kappa shape index (κ2) is 7.07. The molecule has 7 nitrogen and oxygen atoms in total. The minimum absolute atomic E-state index is 0.00215. The third kappa shape index (κ3) is 3.26. The predicted octanol–water partition coefficient (Wildman–Crippen LogP) is 2.83. The van der Waals surface area contributed by atoms with Gasteiger partial charge in [-0.15, -0.1) is 5.10 Å². The smallest absolute Gasteiger partial charge is 0.303 e. The van der Waals surface area contributed by atoms with Gasteiger partial charge in [0.15, 0.2) is 5.82 Å². The van der Waals surface area contributed by atoms with Crippen LogP contribution >= 0.6 is 0 Å². The van der Waals surface area contributed by atoms with Crippen molar-refractivity contribution in [2.45, 2.75) is 63.5 Å². The Balaban J connectivity index is 1.64. The molecule has 1 aliphatic carbocycles. The number of aromatic nitrogens is 3. The number of rotatable bonds is 5. The molecule has 8 heteroatoms. The van der Waals surface area contributed by atoms with E-state index in [1.165, 1.54) is 13.1 Å². The van der Waals surface area contributed by atoms with Crippen molar-refractivity contribution in [1.29, 1.82) is 0 Å². The van der Waals surface area contributed by atoms with Crippen LogP contribution < -0.4 is 5.32 Å². The Morgan fingerprint density at radius 2 is 2.33 bits per heavy atom. The predicted molar refractivity (Wildman–Crippen MR) is 97.2 cm³/mol. The summed E-state index contributed by atoms with van der Waals surface area (Å²) in [6.45, 7) is 4.43. The molecule has 2 aromatic heterocycles. The monoisotopic (exact) mass is 376 g/mol. The van der Waals surface area contributed by atoms with Crippen LogP contribution in [-0.2, 0) is 19.7 Å². The molecule has 2 atom stereocenters. The molecule has 1 N–H and O–H groups in total. The van der Waals surface area contributed by atoms with Gasteiger partial charge >= 0.3 is 5.97 Å². The topological polar surface area (TPSA) is 77.8 Å². The summed E-state index contributed by atoms with van der Waals surface area (Å²) in [7, 11) is 0. The largest absolute Gasteiger partial charge is 0.458 e. The first-order valence-corrected chi connectivity index (χ1v) is 9.59. The van der Waals surface area contributed by atoms with Crippen molar-refractivity contribution >= 4 is 17.4 Å². The number of esters is 1. The lowest BCUT2D eigenvalue weighted by Gasteiger charge is -2.40. The molecule has 0 amide bonds. The fourth-order valence-electron chi connectivity index (χ4n) is 4.16. The zero-order valence-electron chi connectivity index (χ0n) is 15.7. The van der Waals surface area contributed by atoms with Crippen LogP contribution in [0.4, 0.5) is 10.3 Å². The van der Waals surface area contributed by atoms with Crippen LogP contribution in [-0.4, -0.2) is 45.9 Å². The van der Waals surface area contributed by atoms with Gasteiger partial charge in [-0.3, -0.25) is 4.79 Å². The normalized spacial score (nSPS) is 24.4. The number of carbonyl (C=O) groups excluding carboxylic acids is 1. The zero-order valence-corrected chi connectivity index (χ0v) is 15.7. The van der Waals surface area contributed by atoms with Gasteiger partial charge in [0.25, 0.3) is 0 Å². The van der Waals surface area contributed by atoms with Gasteiger partial charge in [0.1, 0.15) is 11.6 Å². The quantitative estimate of drug-likeness (QED) is 0.809. The zero-order chi connectivity index (χ0) is 19.0. The molecule has 146 valence electrons. The SMILES string of the molecule is CCC1(c2cc(F)c3cnc(NC4CCOCC4OC(C)=O)nn23)CCC1. The molecule has 2 aliphatic rings. The summed E-state index contributed by atoms with van der Waals surface area (Å²) < 4.78 is 26.9. The summed E-state index contributed by atoms with van der Waals surface area (Å²) in [5.41, 5.74) is 1.30. The third-order valence-electron chi connectivity index (χ3n) is 5.94. The lowest BCUT2D eigenvalue weighted by molar-refractivity contribution is -0.153. The van der Waals surface area contributed by atoms with E-state index < -0.39 is 6.10 Å². The summed E-state index contributed by atoms with van der Waals surface area (Å²) in [6, 6.07) is 1.46. The number of anilines is 1. The van der Waals surface area contributed by atoms with Crippen molar-refractivity contribution in [2.24, 2.45) is 0 Å². The van der Waals surface area contributed by atoms with E-state index >= 15 is 0 Å². The van der Waals surface area contributed by atoms with Crippen molar-refractivity contribution in [3.8, 4) is 0 Å². The van der Waals surface area contributed by atoms with E-state index in [9.17, 15) is 9.18 Å². The van der Waals surface area contributed by atoms with Gasteiger partial charge in [-0.1, -0.05) is 13.3 Å². The van der Waals surface area contributed by atoms with Gasteiger partial charge in [-0.2, -0.15) is 0 Å². The lowest BCUT2D eigenvalue weighted by Crippen LogP contribution is -2.45. The summed E-state index contributed by atoms with van der Waals surface area (Å²) >= 11 is 0. The number of ether oxygens (including phenoxy) is 2. The maximum atomic E-state index is 14.4. The average Bonchev–Trinajstić information content (AvgIpc) is 2.93. The van der Waals surface area contributed by atoms with Crippen LogP contribution in [0.3, 0.4) is 0 Å². The number of halogens is 1. The molecule has 2 unspecified atom stereocenters. The summed E-state index contributed by atoms with van der Waals surface area (Å²) in [4.78, 5) is 15.6. The highest BCUT2D eigenvalue weighted by atomic mass is 19.1. The van der Waals surface area contributed by atoms with Crippen LogP contribution in [0, 0.1) is 5.82 Å². The second-order valence-corrected chi connectivity index (χ2v) is 7.51. The molecule has 1 saturated heterocycles. The van der Waals surface area contributed by atoms with E-state index in [1.807, 2.05) is 0 Å². The molecule has 1 saturated carbocycles. The summed E-state index contributed by atoms with van der Waals surface area (Å²) in [5.74, 6) is -0.243. The molecule has 2 aromatic rings. The van der Waals surface area contributed by atoms with Gasteiger partial charge < -0.3 is 14.8 Å². The first-order valence-electron chi connectivity index (χ1n) is 9.59. The van der Waals surface area contributed by atoms with Crippen molar-refractivity contribution in [1.82, 2.24) is 14.6 Å². The maximum Gasteiger partial charge on any atom is 0.303 e. The van der Waals surface area contributed by atoms with Gasteiger partial charge in [0.05, 0.1) is 24.5 Å². The standard InChI is InChI=1S/C19H25FN4O3/c1-3-19(6-4-7-19)17-9-13(20)15-10-21-18(23-24(15)17)22-14-5-8-26-11-16(14)27-12(2)25/h9-10,14,16H,3-8,11H2,1-2H3,(H,22,23). The van der Waals surface area contributed by atoms with Crippen LogP contribution in [0.5, 0.6) is 0 Å². The molecule has 1 aliphatic heterocycles. The number of hydrogen-bond donors (Lipinski definition) is 1. The highest BCUT2D eigenvalue weighted by Crippen LogP contribution is 2.46. The first-order chi connectivity index (χ1) is 13.0. The minimum atomic E-state index is -0.398. The molecular formula is C19H25FN4O3. The fraction of sp³-hybridized carbons (Fsp3) is 0.632. The second-order valence-electron chi connectivity index (χ2n) is 7.51. The molecule has 2 fully saturated rings. The molecule has 0 radical (unpaired) electrons. The van der Waals surface area contributed by atoms with Gasteiger partial charge in [-0.05, 0) is 31.7 Å². The molecule has 0 spiro atoms. The Labute approximate surface area is 157 Å². The van der Waals surface area contributed by atoms with Crippen LogP contribution in [0.1, 0.15) is 51.6 Å². The number of carbonyl (C=O) groups is 1.